The summed E-state index contributed by atoms with van der Waals surface area (Å²) in [4.78, 5) is 12.1. The third-order valence-corrected chi connectivity index (χ3v) is 3.61. The monoisotopic (exact) mass is 316 g/mol. The number of benzene rings is 1. The van der Waals surface area contributed by atoms with Crippen LogP contribution in [0.2, 0.25) is 0 Å². The molecule has 1 aliphatic rings. The maximum atomic E-state index is 12.1. The van der Waals surface area contributed by atoms with Crippen LogP contribution in [0.25, 0.3) is 0 Å². The first-order valence-electron chi connectivity index (χ1n) is 5.15. The first-order chi connectivity index (χ1) is 7.29. The first kappa shape index (κ1) is 11.1. The lowest BCUT2D eigenvalue weighted by molar-refractivity contribution is 0.0460. The lowest BCUT2D eigenvalue weighted by Gasteiger charge is -2.21. The van der Waals surface area contributed by atoms with Crippen molar-refractivity contribution in [3.05, 3.63) is 33.4 Å². The van der Waals surface area contributed by atoms with Gasteiger partial charge in [0.25, 0.3) is 0 Å². The lowest BCUT2D eigenvalue weighted by Crippen LogP contribution is -2.25. The van der Waals surface area contributed by atoms with Crippen LogP contribution in [0.5, 0.6) is 0 Å². The molecule has 80 valence electrons. The van der Waals surface area contributed by atoms with Crippen LogP contribution in [0.3, 0.4) is 0 Å². The maximum absolute atomic E-state index is 12.1. The van der Waals surface area contributed by atoms with Crippen LogP contribution in [-0.4, -0.2) is 19.0 Å². The van der Waals surface area contributed by atoms with Crippen LogP contribution in [-0.2, 0) is 4.74 Å². The molecule has 0 aliphatic carbocycles. The highest BCUT2D eigenvalue weighted by atomic mass is 127. The van der Waals surface area contributed by atoms with Gasteiger partial charge in [0.15, 0.2) is 5.78 Å². The topological polar surface area (TPSA) is 26.3 Å². The number of hydrogen-bond acceptors (Lipinski definition) is 2. The minimum Gasteiger partial charge on any atom is -0.381 e. The number of rotatable bonds is 2. The van der Waals surface area contributed by atoms with E-state index in [0.717, 1.165) is 28.6 Å². The molecule has 1 unspecified atom stereocenters. The van der Waals surface area contributed by atoms with E-state index in [2.05, 4.69) is 22.6 Å². The van der Waals surface area contributed by atoms with Crippen molar-refractivity contribution in [2.24, 2.45) is 5.92 Å². The molecule has 3 heteroatoms. The normalized spacial score (nSPS) is 21.3. The molecule has 1 aromatic carbocycles. The van der Waals surface area contributed by atoms with Crippen LogP contribution in [0.4, 0.5) is 0 Å². The zero-order chi connectivity index (χ0) is 10.7. The summed E-state index contributed by atoms with van der Waals surface area (Å²) in [6.45, 7) is 1.39. The van der Waals surface area contributed by atoms with Crippen LogP contribution < -0.4 is 0 Å². The van der Waals surface area contributed by atoms with E-state index < -0.39 is 0 Å². The molecular weight excluding hydrogens is 303 g/mol. The van der Waals surface area contributed by atoms with E-state index in [4.69, 9.17) is 4.74 Å². The second-order valence-electron chi connectivity index (χ2n) is 3.76. The fraction of sp³-hybridized carbons (Fsp3) is 0.417. The summed E-state index contributed by atoms with van der Waals surface area (Å²) < 4.78 is 6.37. The van der Waals surface area contributed by atoms with E-state index in [1.54, 1.807) is 0 Å². The van der Waals surface area contributed by atoms with Crippen molar-refractivity contribution >= 4 is 28.4 Å². The Balaban J connectivity index is 2.16. The van der Waals surface area contributed by atoms with Crippen LogP contribution >= 0.6 is 22.6 Å². The van der Waals surface area contributed by atoms with E-state index in [1.807, 2.05) is 24.3 Å². The summed E-state index contributed by atoms with van der Waals surface area (Å²) in [7, 11) is 0. The number of ketones is 1. The molecule has 0 bridgehead atoms. The quantitative estimate of drug-likeness (QED) is 0.619. The van der Waals surface area contributed by atoms with Crippen molar-refractivity contribution in [2.45, 2.75) is 12.8 Å². The molecule has 0 radical (unpaired) electrons. The number of Topliss-reactive ketones (excluding diaryl/α,β-unsaturated/α-hetero) is 1. The second kappa shape index (κ2) is 5.07. The minimum atomic E-state index is 0.0645. The molecule has 2 rings (SSSR count). The van der Waals surface area contributed by atoms with Gasteiger partial charge in [-0.2, -0.15) is 0 Å². The van der Waals surface area contributed by atoms with Crippen molar-refractivity contribution in [2.75, 3.05) is 13.2 Å². The molecule has 0 N–H and O–H groups in total. The number of carbonyl (C=O) groups is 1. The molecule has 0 aromatic heterocycles. The number of ether oxygens (including phenoxy) is 1. The largest absolute Gasteiger partial charge is 0.381 e. The lowest BCUT2D eigenvalue weighted by atomic mass is 9.93. The fourth-order valence-corrected chi connectivity index (χ4v) is 2.48. The Morgan fingerprint density at radius 3 is 2.87 bits per heavy atom. The first-order valence-corrected chi connectivity index (χ1v) is 6.23. The molecule has 2 nitrogen and oxygen atoms in total. The molecule has 1 heterocycles. The van der Waals surface area contributed by atoms with Gasteiger partial charge in [0.1, 0.15) is 0 Å². The van der Waals surface area contributed by atoms with E-state index in [9.17, 15) is 4.79 Å². The Bertz CT molecular complexity index is 356. The van der Waals surface area contributed by atoms with Crippen LogP contribution in [0.15, 0.2) is 24.3 Å². The SMILES string of the molecule is O=C(c1ccccc1I)C1CCCOC1. The van der Waals surface area contributed by atoms with E-state index in [1.165, 1.54) is 0 Å². The minimum absolute atomic E-state index is 0.0645. The Morgan fingerprint density at radius 2 is 2.20 bits per heavy atom. The van der Waals surface area contributed by atoms with Gasteiger partial charge in [0, 0.05) is 21.7 Å². The molecular formula is C12H13IO2. The third kappa shape index (κ3) is 2.58. The van der Waals surface area contributed by atoms with Crippen LogP contribution in [0.1, 0.15) is 23.2 Å². The van der Waals surface area contributed by atoms with Crippen molar-refractivity contribution < 1.29 is 9.53 Å². The average Bonchev–Trinajstić information content (AvgIpc) is 2.30. The predicted octanol–water partition coefficient (Wildman–Crippen LogP) is 2.90. The van der Waals surface area contributed by atoms with Crippen molar-refractivity contribution in [1.29, 1.82) is 0 Å². The van der Waals surface area contributed by atoms with Gasteiger partial charge in [-0.25, -0.2) is 0 Å². The summed E-state index contributed by atoms with van der Waals surface area (Å²) in [6.07, 6.45) is 1.96. The molecule has 0 saturated carbocycles. The second-order valence-corrected chi connectivity index (χ2v) is 4.92. The van der Waals surface area contributed by atoms with Crippen LogP contribution in [0, 0.1) is 9.49 Å². The zero-order valence-electron chi connectivity index (χ0n) is 8.41. The standard InChI is InChI=1S/C12H13IO2/c13-11-6-2-1-5-10(11)12(14)9-4-3-7-15-8-9/h1-2,5-6,9H,3-4,7-8H2. The summed E-state index contributed by atoms with van der Waals surface area (Å²) >= 11 is 2.21. The van der Waals surface area contributed by atoms with E-state index in [0.29, 0.717) is 6.61 Å². The van der Waals surface area contributed by atoms with Gasteiger partial charge in [0.05, 0.1) is 6.61 Å². The molecule has 1 saturated heterocycles. The van der Waals surface area contributed by atoms with Gasteiger partial charge < -0.3 is 4.74 Å². The molecule has 1 aliphatic heterocycles. The third-order valence-electron chi connectivity index (χ3n) is 2.67. The molecule has 0 amide bonds. The predicted molar refractivity (Wildman–Crippen MR) is 67.0 cm³/mol. The Morgan fingerprint density at radius 1 is 1.40 bits per heavy atom. The number of carbonyl (C=O) groups excluding carboxylic acids is 1. The van der Waals surface area contributed by atoms with Crippen molar-refractivity contribution in [3.63, 3.8) is 0 Å². The Labute approximate surface area is 103 Å². The molecule has 1 aromatic rings. The summed E-state index contributed by atoms with van der Waals surface area (Å²) in [6, 6.07) is 7.74. The Kier molecular flexibility index (Phi) is 3.75. The fourth-order valence-electron chi connectivity index (χ4n) is 1.83. The Hall–Kier alpha value is -0.420. The van der Waals surface area contributed by atoms with Crippen molar-refractivity contribution in [1.82, 2.24) is 0 Å². The highest BCUT2D eigenvalue weighted by Crippen LogP contribution is 2.21. The van der Waals surface area contributed by atoms with E-state index in [-0.39, 0.29) is 11.7 Å². The summed E-state index contributed by atoms with van der Waals surface area (Å²) in [5.41, 5.74) is 0.841. The highest BCUT2D eigenvalue weighted by molar-refractivity contribution is 14.1. The highest BCUT2D eigenvalue weighted by Gasteiger charge is 2.23. The van der Waals surface area contributed by atoms with Gasteiger partial charge in [-0.15, -0.1) is 0 Å². The van der Waals surface area contributed by atoms with Gasteiger partial charge in [-0.1, -0.05) is 18.2 Å². The van der Waals surface area contributed by atoms with Gasteiger partial charge in [0.2, 0.25) is 0 Å². The van der Waals surface area contributed by atoms with Gasteiger partial charge in [-0.3, -0.25) is 4.79 Å². The molecule has 1 fully saturated rings. The molecule has 0 spiro atoms. The molecule has 1 atom stereocenters. The summed E-state index contributed by atoms with van der Waals surface area (Å²) in [5, 5.41) is 0. The number of halogens is 1. The smallest absolute Gasteiger partial charge is 0.169 e. The molecule has 15 heavy (non-hydrogen) atoms. The van der Waals surface area contributed by atoms with Gasteiger partial charge in [-0.05, 0) is 41.5 Å². The average molecular weight is 316 g/mol. The van der Waals surface area contributed by atoms with E-state index >= 15 is 0 Å². The maximum Gasteiger partial charge on any atom is 0.169 e. The number of hydrogen-bond donors (Lipinski definition) is 0. The van der Waals surface area contributed by atoms with Crippen molar-refractivity contribution in [3.8, 4) is 0 Å². The van der Waals surface area contributed by atoms with Gasteiger partial charge >= 0.3 is 0 Å². The zero-order valence-corrected chi connectivity index (χ0v) is 10.6. The summed E-state index contributed by atoms with van der Waals surface area (Å²) in [5.74, 6) is 0.300.